The molecular formula is C29H31ClN4O2. The number of rotatable bonds is 5. The van der Waals surface area contributed by atoms with Crippen LogP contribution in [0.2, 0.25) is 5.02 Å². The fourth-order valence-corrected chi connectivity index (χ4v) is 5.46. The molecule has 0 radical (unpaired) electrons. The van der Waals surface area contributed by atoms with Crippen LogP contribution in [-0.2, 0) is 0 Å². The number of ether oxygens (including phenoxy) is 1. The third-order valence-corrected chi connectivity index (χ3v) is 6.70. The summed E-state index contributed by atoms with van der Waals surface area (Å²) < 4.78 is 6.06. The topological polar surface area (TPSA) is 87.0 Å². The molecule has 1 saturated heterocycles. The second kappa shape index (κ2) is 9.93. The van der Waals surface area contributed by atoms with Crippen LogP contribution >= 0.6 is 11.6 Å². The lowest BCUT2D eigenvalue weighted by atomic mass is 9.79. The van der Waals surface area contributed by atoms with E-state index >= 15 is 0 Å². The fourth-order valence-electron chi connectivity index (χ4n) is 5.24. The van der Waals surface area contributed by atoms with Crippen LogP contribution in [0.4, 0.5) is 0 Å². The van der Waals surface area contributed by atoms with Crippen LogP contribution in [0.1, 0.15) is 62.0 Å². The summed E-state index contributed by atoms with van der Waals surface area (Å²) in [6.07, 6.45) is 5.12. The summed E-state index contributed by atoms with van der Waals surface area (Å²) in [4.78, 5) is 17.2. The van der Waals surface area contributed by atoms with E-state index in [1.54, 1.807) is 36.7 Å². The van der Waals surface area contributed by atoms with Crippen LogP contribution in [0.15, 0.2) is 54.9 Å². The molecule has 0 unspecified atom stereocenters. The highest BCUT2D eigenvalue weighted by molar-refractivity contribution is 6.32. The van der Waals surface area contributed by atoms with Crippen molar-refractivity contribution in [3.05, 3.63) is 76.6 Å². The standard InChI is InChI=1S/C29H31ClN4O2/c1-18-11-12-32-17-23(18)21-7-6-8-25(22(21)16-31)36-26-10-9-19(13-24(26)30)27(35)33-20-14-28(2,3)34-29(4,5)15-20/h6-13,17,20,34H,14-15H2,1-5H3,(H,33,35). The number of hydrogen-bond donors (Lipinski definition) is 2. The van der Waals surface area contributed by atoms with Crippen molar-refractivity contribution < 1.29 is 9.53 Å². The van der Waals surface area contributed by atoms with Crippen molar-refractivity contribution in [2.75, 3.05) is 0 Å². The smallest absolute Gasteiger partial charge is 0.251 e. The molecule has 1 aliphatic heterocycles. The second-order valence-corrected chi connectivity index (χ2v) is 11.1. The third-order valence-electron chi connectivity index (χ3n) is 6.41. The molecule has 36 heavy (non-hydrogen) atoms. The Morgan fingerprint density at radius 2 is 1.83 bits per heavy atom. The molecule has 0 spiro atoms. The van der Waals surface area contributed by atoms with Crippen molar-refractivity contribution in [2.24, 2.45) is 0 Å². The summed E-state index contributed by atoms with van der Waals surface area (Å²) in [7, 11) is 0. The third kappa shape index (κ3) is 5.70. The molecule has 1 aliphatic rings. The summed E-state index contributed by atoms with van der Waals surface area (Å²) in [6.45, 7) is 10.6. The first-order valence-electron chi connectivity index (χ1n) is 12.0. The van der Waals surface area contributed by atoms with Crippen LogP contribution in [-0.4, -0.2) is 28.0 Å². The van der Waals surface area contributed by atoms with Gasteiger partial charge in [0.2, 0.25) is 0 Å². The number of benzene rings is 2. The van der Waals surface area contributed by atoms with Gasteiger partial charge in [-0.15, -0.1) is 0 Å². The van der Waals surface area contributed by atoms with Crippen LogP contribution < -0.4 is 15.4 Å². The molecule has 2 heterocycles. The molecule has 0 atom stereocenters. The molecular weight excluding hydrogens is 472 g/mol. The van der Waals surface area contributed by atoms with Gasteiger partial charge in [-0.05, 0) is 83.4 Å². The number of nitriles is 1. The van der Waals surface area contributed by atoms with Gasteiger partial charge in [-0.25, -0.2) is 0 Å². The van der Waals surface area contributed by atoms with Crippen molar-refractivity contribution in [3.8, 4) is 28.7 Å². The molecule has 1 amide bonds. The first-order chi connectivity index (χ1) is 17.0. The number of carbonyl (C=O) groups is 1. The molecule has 1 aromatic heterocycles. The lowest BCUT2D eigenvalue weighted by Gasteiger charge is -2.46. The molecule has 6 nitrogen and oxygen atoms in total. The summed E-state index contributed by atoms with van der Waals surface area (Å²) in [5.41, 5.74) is 3.31. The van der Waals surface area contributed by atoms with Crippen LogP contribution in [0.5, 0.6) is 11.5 Å². The Morgan fingerprint density at radius 1 is 1.11 bits per heavy atom. The zero-order valence-electron chi connectivity index (χ0n) is 21.3. The Balaban J connectivity index is 1.54. The highest BCUT2D eigenvalue weighted by Crippen LogP contribution is 2.37. The van der Waals surface area contributed by atoms with E-state index in [9.17, 15) is 10.1 Å². The van der Waals surface area contributed by atoms with Crippen molar-refractivity contribution in [2.45, 2.75) is 64.6 Å². The number of amides is 1. The van der Waals surface area contributed by atoms with E-state index < -0.39 is 0 Å². The molecule has 2 aromatic carbocycles. The van der Waals surface area contributed by atoms with Crippen molar-refractivity contribution in [1.82, 2.24) is 15.6 Å². The van der Waals surface area contributed by atoms with Gasteiger partial charge in [0, 0.05) is 46.2 Å². The first-order valence-corrected chi connectivity index (χ1v) is 12.4. The van der Waals surface area contributed by atoms with Gasteiger partial charge in [0.05, 0.1) is 5.02 Å². The minimum absolute atomic E-state index is 0.0512. The van der Waals surface area contributed by atoms with E-state index in [1.807, 2.05) is 25.1 Å². The van der Waals surface area contributed by atoms with E-state index in [-0.39, 0.29) is 23.0 Å². The Morgan fingerprint density at radius 3 is 2.47 bits per heavy atom. The Kier molecular flexibility index (Phi) is 7.08. The summed E-state index contributed by atoms with van der Waals surface area (Å²) >= 11 is 6.53. The minimum Gasteiger partial charge on any atom is -0.454 e. The normalized spacial score (nSPS) is 16.7. The maximum Gasteiger partial charge on any atom is 0.251 e. The average Bonchev–Trinajstić information content (AvgIpc) is 2.78. The predicted molar refractivity (Wildman–Crippen MR) is 142 cm³/mol. The quantitative estimate of drug-likeness (QED) is 0.420. The van der Waals surface area contributed by atoms with E-state index in [1.165, 1.54) is 0 Å². The number of aromatic nitrogens is 1. The van der Waals surface area contributed by atoms with E-state index in [4.69, 9.17) is 16.3 Å². The van der Waals surface area contributed by atoms with Crippen LogP contribution in [0.3, 0.4) is 0 Å². The Bertz CT molecular complexity index is 1330. The molecule has 0 aliphatic carbocycles. The highest BCUT2D eigenvalue weighted by Gasteiger charge is 2.38. The number of pyridine rings is 1. The number of nitrogens with zero attached hydrogens (tertiary/aromatic N) is 2. The Labute approximate surface area is 217 Å². The van der Waals surface area contributed by atoms with Crippen LogP contribution in [0, 0.1) is 18.3 Å². The number of piperidine rings is 1. The summed E-state index contributed by atoms with van der Waals surface area (Å²) in [5.74, 6) is 0.583. The molecule has 0 bridgehead atoms. The minimum atomic E-state index is -0.172. The highest BCUT2D eigenvalue weighted by atomic mass is 35.5. The monoisotopic (exact) mass is 502 g/mol. The van der Waals surface area contributed by atoms with Crippen LogP contribution in [0.25, 0.3) is 11.1 Å². The second-order valence-electron chi connectivity index (χ2n) is 10.7. The first kappa shape index (κ1) is 25.7. The zero-order chi connectivity index (χ0) is 26.1. The number of aryl methyl sites for hydroxylation is 1. The molecule has 4 rings (SSSR count). The zero-order valence-corrected chi connectivity index (χ0v) is 22.0. The molecule has 186 valence electrons. The Hall–Kier alpha value is -3.40. The summed E-state index contributed by atoms with van der Waals surface area (Å²) in [6, 6.07) is 14.6. The largest absolute Gasteiger partial charge is 0.454 e. The van der Waals surface area contributed by atoms with Gasteiger partial charge in [0.1, 0.15) is 23.1 Å². The molecule has 1 fully saturated rings. The lowest BCUT2D eigenvalue weighted by Crippen LogP contribution is -2.62. The van der Waals surface area contributed by atoms with Gasteiger partial charge >= 0.3 is 0 Å². The molecule has 2 N–H and O–H groups in total. The lowest BCUT2D eigenvalue weighted by molar-refractivity contribution is 0.0873. The van der Waals surface area contributed by atoms with Crippen molar-refractivity contribution in [1.29, 1.82) is 5.26 Å². The van der Waals surface area contributed by atoms with Gasteiger partial charge in [0.25, 0.3) is 5.91 Å². The maximum atomic E-state index is 13.0. The van der Waals surface area contributed by atoms with Gasteiger partial charge in [-0.1, -0.05) is 23.7 Å². The fraction of sp³-hybridized carbons (Fsp3) is 0.345. The van der Waals surface area contributed by atoms with Crippen molar-refractivity contribution in [3.63, 3.8) is 0 Å². The van der Waals surface area contributed by atoms with E-state index in [2.05, 4.69) is 49.4 Å². The number of carbonyl (C=O) groups excluding carboxylic acids is 1. The van der Waals surface area contributed by atoms with Gasteiger partial charge in [-0.3, -0.25) is 9.78 Å². The van der Waals surface area contributed by atoms with Gasteiger partial charge in [0.15, 0.2) is 0 Å². The summed E-state index contributed by atoms with van der Waals surface area (Å²) in [5, 5.41) is 17.0. The van der Waals surface area contributed by atoms with E-state index in [0.717, 1.165) is 29.5 Å². The number of hydrogen-bond acceptors (Lipinski definition) is 5. The van der Waals surface area contributed by atoms with Crippen molar-refractivity contribution >= 4 is 17.5 Å². The molecule has 7 heteroatoms. The van der Waals surface area contributed by atoms with Gasteiger partial charge in [-0.2, -0.15) is 5.26 Å². The van der Waals surface area contributed by atoms with E-state index in [0.29, 0.717) is 27.6 Å². The average molecular weight is 503 g/mol. The molecule has 3 aromatic rings. The molecule has 0 saturated carbocycles. The van der Waals surface area contributed by atoms with Gasteiger partial charge < -0.3 is 15.4 Å². The number of nitrogens with one attached hydrogen (secondary N) is 2. The predicted octanol–water partition coefficient (Wildman–Crippen LogP) is 6.41. The number of halogens is 1. The SMILES string of the molecule is Cc1ccncc1-c1cccc(Oc2ccc(C(=O)NC3CC(C)(C)NC(C)(C)C3)cc2Cl)c1C#N. The maximum absolute atomic E-state index is 13.0.